The van der Waals surface area contributed by atoms with Gasteiger partial charge in [-0.2, -0.15) is 5.10 Å². The molecule has 0 radical (unpaired) electrons. The number of hydrogen-bond acceptors (Lipinski definition) is 6. The molecule has 7 nitrogen and oxygen atoms in total. The van der Waals surface area contributed by atoms with E-state index in [-0.39, 0.29) is 0 Å². The van der Waals surface area contributed by atoms with Crippen LogP contribution in [0.1, 0.15) is 38.3 Å². The van der Waals surface area contributed by atoms with E-state index < -0.39 is 0 Å². The number of morpholine rings is 1. The summed E-state index contributed by atoms with van der Waals surface area (Å²) >= 11 is 6.23. The number of anilines is 1. The fourth-order valence-corrected chi connectivity index (χ4v) is 6.33. The summed E-state index contributed by atoms with van der Waals surface area (Å²) in [6, 6.07) is 4.09. The average Bonchev–Trinajstić information content (AvgIpc) is 3.25. The molecule has 0 spiro atoms. The van der Waals surface area contributed by atoms with Crippen LogP contribution in [0.4, 0.5) is 5.82 Å². The van der Waals surface area contributed by atoms with Gasteiger partial charge in [-0.1, -0.05) is 18.5 Å². The summed E-state index contributed by atoms with van der Waals surface area (Å²) in [7, 11) is 0. The van der Waals surface area contributed by atoms with Crippen molar-refractivity contribution in [1.29, 1.82) is 0 Å². The average molecular weight is 453 g/mol. The van der Waals surface area contributed by atoms with E-state index in [2.05, 4.69) is 33.1 Å². The van der Waals surface area contributed by atoms with Gasteiger partial charge < -0.3 is 9.64 Å². The molecule has 0 unspecified atom stereocenters. The molecule has 1 N–H and O–H groups in total. The number of hydrogen-bond donors (Lipinski definition) is 1. The van der Waals surface area contributed by atoms with E-state index in [4.69, 9.17) is 26.3 Å². The van der Waals surface area contributed by atoms with Gasteiger partial charge in [-0.25, -0.2) is 15.0 Å². The maximum atomic E-state index is 6.23. The van der Waals surface area contributed by atoms with Gasteiger partial charge in [0.05, 0.1) is 23.6 Å². The number of pyridine rings is 1. The predicted octanol–water partition coefficient (Wildman–Crippen LogP) is 4.52. The fourth-order valence-electron chi connectivity index (χ4n) is 6.17. The van der Waals surface area contributed by atoms with Crippen LogP contribution >= 0.6 is 11.6 Å². The van der Waals surface area contributed by atoms with Crippen LogP contribution in [0.5, 0.6) is 0 Å². The molecule has 3 aromatic rings. The lowest BCUT2D eigenvalue weighted by Gasteiger charge is -2.47. The van der Waals surface area contributed by atoms with Gasteiger partial charge in [0.25, 0.3) is 0 Å². The minimum Gasteiger partial charge on any atom is -0.378 e. The Morgan fingerprint density at radius 1 is 1.09 bits per heavy atom. The van der Waals surface area contributed by atoms with Gasteiger partial charge in [0.2, 0.25) is 0 Å². The quantitative estimate of drug-likeness (QED) is 0.626. The second-order valence-corrected chi connectivity index (χ2v) is 10.1. The van der Waals surface area contributed by atoms with Crippen LogP contribution in [-0.2, 0) is 11.2 Å². The standard InChI is InChI=1S/C24H29ClN6O/c1-14-15-2-4-16(5-3-15)19(14)11-18-12-21(31-6-8-32-9-7-31)28-24(27-18)22-20-10-17(25)13-26-23(20)30-29-22/h10,12-16,19H,2-9,11H2,1H3,(H,26,29,30)/t14-,15?,16?,19+/m0/s1. The molecule has 168 valence electrons. The van der Waals surface area contributed by atoms with Crippen molar-refractivity contribution in [3.8, 4) is 11.5 Å². The smallest absolute Gasteiger partial charge is 0.181 e. The summed E-state index contributed by atoms with van der Waals surface area (Å²) in [5.41, 5.74) is 2.53. The fraction of sp³-hybridized carbons (Fsp3) is 0.583. The molecule has 1 saturated heterocycles. The summed E-state index contributed by atoms with van der Waals surface area (Å²) in [4.78, 5) is 16.6. The molecule has 8 heteroatoms. The highest BCUT2D eigenvalue weighted by Gasteiger charge is 2.41. The molecule has 3 aromatic heterocycles. The first-order valence-electron chi connectivity index (χ1n) is 11.9. The van der Waals surface area contributed by atoms with Crippen LogP contribution in [-0.4, -0.2) is 51.5 Å². The highest BCUT2D eigenvalue weighted by Crippen LogP contribution is 2.49. The Morgan fingerprint density at radius 3 is 2.66 bits per heavy atom. The molecule has 3 aliphatic carbocycles. The highest BCUT2D eigenvalue weighted by molar-refractivity contribution is 6.31. The molecule has 4 heterocycles. The number of nitrogens with zero attached hydrogens (tertiary/aromatic N) is 5. The Morgan fingerprint density at radius 2 is 1.88 bits per heavy atom. The molecule has 0 aromatic carbocycles. The van der Waals surface area contributed by atoms with E-state index in [1.165, 1.54) is 25.7 Å². The lowest BCUT2D eigenvalue weighted by molar-refractivity contribution is 0.0339. The summed E-state index contributed by atoms with van der Waals surface area (Å²) in [6.45, 7) is 5.60. The number of ether oxygens (including phenoxy) is 1. The number of H-pyrrole nitrogens is 1. The number of aromatic amines is 1. The minimum atomic E-state index is 0.580. The minimum absolute atomic E-state index is 0.580. The normalized spacial score (nSPS) is 27.9. The van der Waals surface area contributed by atoms with E-state index in [1.807, 2.05) is 6.07 Å². The molecule has 2 bridgehead atoms. The van der Waals surface area contributed by atoms with Crippen molar-refractivity contribution in [3.63, 3.8) is 0 Å². The van der Waals surface area contributed by atoms with E-state index in [1.54, 1.807) is 6.20 Å². The molecule has 7 rings (SSSR count). The maximum absolute atomic E-state index is 6.23. The number of fused-ring (bicyclic) bond motifs is 4. The molecule has 32 heavy (non-hydrogen) atoms. The van der Waals surface area contributed by atoms with Crippen molar-refractivity contribution in [2.75, 3.05) is 31.2 Å². The van der Waals surface area contributed by atoms with Crippen LogP contribution < -0.4 is 4.90 Å². The monoisotopic (exact) mass is 452 g/mol. The van der Waals surface area contributed by atoms with Crippen molar-refractivity contribution in [1.82, 2.24) is 25.1 Å². The van der Waals surface area contributed by atoms with Crippen LogP contribution in [0, 0.1) is 23.7 Å². The van der Waals surface area contributed by atoms with Crippen LogP contribution in [0.3, 0.4) is 0 Å². The Balaban J connectivity index is 1.40. The molecule has 4 aliphatic rings. The second-order valence-electron chi connectivity index (χ2n) is 9.67. The number of halogens is 1. The van der Waals surface area contributed by atoms with E-state index in [0.29, 0.717) is 22.4 Å². The zero-order valence-corrected chi connectivity index (χ0v) is 19.2. The number of rotatable bonds is 4. The van der Waals surface area contributed by atoms with Crippen molar-refractivity contribution >= 4 is 28.5 Å². The van der Waals surface area contributed by atoms with Gasteiger partial charge in [-0.3, -0.25) is 5.10 Å². The first-order valence-corrected chi connectivity index (χ1v) is 12.2. The Labute approximate surface area is 192 Å². The summed E-state index contributed by atoms with van der Waals surface area (Å²) in [6.07, 6.45) is 8.20. The number of nitrogens with one attached hydrogen (secondary N) is 1. The lowest BCUT2D eigenvalue weighted by atomic mass is 9.58. The van der Waals surface area contributed by atoms with E-state index in [9.17, 15) is 0 Å². The van der Waals surface area contributed by atoms with Crippen molar-refractivity contribution in [2.45, 2.75) is 39.0 Å². The zero-order chi connectivity index (χ0) is 21.7. The van der Waals surface area contributed by atoms with Gasteiger partial charge in [0.1, 0.15) is 11.5 Å². The van der Waals surface area contributed by atoms with Crippen molar-refractivity contribution in [2.24, 2.45) is 23.7 Å². The SMILES string of the molecule is C[C@H]1C2CCC(CC2)[C@@H]1Cc1cc(N2CCOCC2)nc(-c2[nH]nc3ncc(Cl)cc23)n1. The first-order chi connectivity index (χ1) is 15.7. The predicted molar refractivity (Wildman–Crippen MR) is 125 cm³/mol. The number of aromatic nitrogens is 5. The third-order valence-electron chi connectivity index (χ3n) is 7.99. The molecular formula is C24H29ClN6O. The Hall–Kier alpha value is -2.25. The molecular weight excluding hydrogens is 424 g/mol. The summed E-state index contributed by atoms with van der Waals surface area (Å²) < 4.78 is 5.57. The van der Waals surface area contributed by atoms with E-state index >= 15 is 0 Å². The van der Waals surface area contributed by atoms with Crippen molar-refractivity contribution < 1.29 is 4.74 Å². The largest absolute Gasteiger partial charge is 0.378 e. The van der Waals surface area contributed by atoms with Crippen LogP contribution in [0.15, 0.2) is 18.3 Å². The third kappa shape index (κ3) is 3.65. The molecule has 3 saturated carbocycles. The van der Waals surface area contributed by atoms with Crippen molar-refractivity contribution in [3.05, 3.63) is 29.0 Å². The Kier molecular flexibility index (Phi) is 5.26. The van der Waals surface area contributed by atoms with Crippen LogP contribution in [0.2, 0.25) is 5.02 Å². The third-order valence-corrected chi connectivity index (χ3v) is 8.19. The van der Waals surface area contributed by atoms with E-state index in [0.717, 1.165) is 73.1 Å². The molecule has 0 amide bonds. The lowest BCUT2D eigenvalue weighted by Crippen LogP contribution is -2.40. The van der Waals surface area contributed by atoms with Gasteiger partial charge in [-0.15, -0.1) is 0 Å². The summed E-state index contributed by atoms with van der Waals surface area (Å²) in [5, 5.41) is 8.91. The van der Waals surface area contributed by atoms with Gasteiger partial charge in [0, 0.05) is 31.0 Å². The van der Waals surface area contributed by atoms with Gasteiger partial charge in [-0.05, 0) is 61.8 Å². The topological polar surface area (TPSA) is 79.8 Å². The first kappa shape index (κ1) is 20.4. The Bertz CT molecular complexity index is 1120. The second kappa shape index (κ2) is 8.27. The highest BCUT2D eigenvalue weighted by atomic mass is 35.5. The molecule has 1 aliphatic heterocycles. The molecule has 4 fully saturated rings. The zero-order valence-electron chi connectivity index (χ0n) is 18.4. The maximum Gasteiger partial charge on any atom is 0.181 e. The van der Waals surface area contributed by atoms with Crippen LogP contribution in [0.25, 0.3) is 22.6 Å². The molecule has 2 atom stereocenters. The van der Waals surface area contributed by atoms with Gasteiger partial charge in [0.15, 0.2) is 11.5 Å². The van der Waals surface area contributed by atoms with Gasteiger partial charge >= 0.3 is 0 Å². The summed E-state index contributed by atoms with van der Waals surface area (Å²) in [5.74, 6) is 4.83.